The molecule has 32 heavy (non-hydrogen) atoms. The minimum atomic E-state index is 1.23. The monoisotopic (exact) mass is 434 g/mol. The van der Waals surface area contributed by atoms with E-state index in [-0.39, 0.29) is 0 Å². The van der Waals surface area contributed by atoms with Crippen LogP contribution in [0.25, 0.3) is 10.8 Å². The second-order valence-corrected chi connectivity index (χ2v) is 9.78. The molecule has 0 amide bonds. The van der Waals surface area contributed by atoms with Gasteiger partial charge in [0.05, 0.1) is 0 Å². The van der Waals surface area contributed by atoms with E-state index in [4.69, 9.17) is 0 Å². The van der Waals surface area contributed by atoms with Crippen LogP contribution in [-0.4, -0.2) is 0 Å². The van der Waals surface area contributed by atoms with Gasteiger partial charge in [0.2, 0.25) is 0 Å². The van der Waals surface area contributed by atoms with Crippen LogP contribution in [0.5, 0.6) is 0 Å². The molecule has 0 aliphatic heterocycles. The van der Waals surface area contributed by atoms with E-state index in [0.717, 1.165) is 0 Å². The smallest absolute Gasteiger partial charge is 0.0181 e. The summed E-state index contributed by atoms with van der Waals surface area (Å²) in [6.45, 7) is 2.29. The molecule has 0 radical (unpaired) electrons. The highest BCUT2D eigenvalue weighted by molar-refractivity contribution is 5.82. The van der Waals surface area contributed by atoms with E-state index in [9.17, 15) is 0 Å². The topological polar surface area (TPSA) is 0 Å². The Morgan fingerprint density at radius 3 is 1.59 bits per heavy atom. The Morgan fingerprint density at radius 1 is 0.500 bits per heavy atom. The van der Waals surface area contributed by atoms with Gasteiger partial charge in [0.1, 0.15) is 0 Å². The molecule has 2 aromatic carbocycles. The highest BCUT2D eigenvalue weighted by atomic mass is 14.0. The molecule has 2 rings (SSSR count). The maximum absolute atomic E-state index is 2.44. The molecular formula is C32H50. The van der Waals surface area contributed by atoms with E-state index in [2.05, 4.69) is 61.5 Å². The zero-order valence-corrected chi connectivity index (χ0v) is 21.1. The molecule has 0 aromatic heterocycles. The molecule has 0 spiro atoms. The summed E-state index contributed by atoms with van der Waals surface area (Å²) in [5, 5.41) is 2.74. The molecule has 0 aliphatic rings. The fourth-order valence-corrected chi connectivity index (χ4v) is 4.68. The van der Waals surface area contributed by atoms with Crippen LogP contribution in [0, 0.1) is 0 Å². The molecule has 0 heterocycles. The minimum Gasteiger partial charge on any atom is -0.0885 e. The second kappa shape index (κ2) is 19.0. The quantitative estimate of drug-likeness (QED) is 0.143. The van der Waals surface area contributed by atoms with Crippen molar-refractivity contribution in [3.8, 4) is 0 Å². The van der Waals surface area contributed by atoms with Gasteiger partial charge < -0.3 is 0 Å². The fraction of sp³-hybridized carbons (Fsp3) is 0.625. The maximum atomic E-state index is 2.44. The molecule has 0 heteroatoms. The van der Waals surface area contributed by atoms with Gasteiger partial charge in [0, 0.05) is 0 Å². The highest BCUT2D eigenvalue weighted by Gasteiger charge is 1.97. The van der Waals surface area contributed by atoms with Gasteiger partial charge in [-0.2, -0.15) is 0 Å². The molecule has 0 aliphatic carbocycles. The molecule has 0 fully saturated rings. The van der Waals surface area contributed by atoms with Crippen LogP contribution in [-0.2, 0) is 6.42 Å². The summed E-state index contributed by atoms with van der Waals surface area (Å²) in [5.74, 6) is 0. The van der Waals surface area contributed by atoms with Crippen molar-refractivity contribution < 1.29 is 0 Å². The number of fused-ring (bicyclic) bond motifs is 1. The maximum Gasteiger partial charge on any atom is -0.0181 e. The van der Waals surface area contributed by atoms with Gasteiger partial charge in [-0.3, -0.25) is 0 Å². The van der Waals surface area contributed by atoms with Crippen molar-refractivity contribution in [3.63, 3.8) is 0 Å². The number of rotatable bonds is 20. The fourth-order valence-electron chi connectivity index (χ4n) is 4.68. The standard InChI is InChI=1S/C32H50/c1-2-3-4-5-6-7-8-9-10-11-12-13-14-15-16-17-18-19-20-21-24-30-27-28-31-25-22-23-26-32(31)29-30/h11-12,22-23,25-29H,2-10,13-21,24H2,1H3/b12-11+. The Kier molecular flexibility index (Phi) is 15.8. The lowest BCUT2D eigenvalue weighted by Crippen LogP contribution is -1.87. The largest absolute Gasteiger partial charge is 0.0885 e. The molecule has 0 unspecified atom stereocenters. The first-order chi connectivity index (χ1) is 15.9. The number of benzene rings is 2. The SMILES string of the molecule is CCCCCCCCCC/C=C/CCCCCCCCCCc1ccc2ccccc2c1. The summed E-state index contributed by atoms with van der Waals surface area (Å²) >= 11 is 0. The third-order valence-electron chi connectivity index (χ3n) is 6.79. The lowest BCUT2D eigenvalue weighted by atomic mass is 10.0. The van der Waals surface area contributed by atoms with E-state index < -0.39 is 0 Å². The molecule has 0 saturated carbocycles. The van der Waals surface area contributed by atoms with Crippen LogP contribution >= 0.6 is 0 Å². The van der Waals surface area contributed by atoms with Crippen LogP contribution in [0.3, 0.4) is 0 Å². The Hall–Kier alpha value is -1.56. The lowest BCUT2D eigenvalue weighted by Gasteiger charge is -2.05. The van der Waals surface area contributed by atoms with Crippen molar-refractivity contribution in [2.24, 2.45) is 0 Å². The second-order valence-electron chi connectivity index (χ2n) is 9.78. The number of allylic oxidation sites excluding steroid dienone is 2. The Balaban J connectivity index is 1.31. The summed E-state index contributed by atoms with van der Waals surface area (Å²) in [6, 6.07) is 15.7. The van der Waals surface area contributed by atoms with Crippen LogP contribution in [0.2, 0.25) is 0 Å². The molecule has 0 nitrogen and oxygen atoms in total. The van der Waals surface area contributed by atoms with E-state index in [1.807, 2.05) is 0 Å². The Labute approximate surface area is 199 Å². The summed E-state index contributed by atoms with van der Waals surface area (Å²) in [7, 11) is 0. The van der Waals surface area contributed by atoms with Gasteiger partial charge in [-0.25, -0.2) is 0 Å². The molecule has 0 saturated heterocycles. The first-order valence-corrected chi connectivity index (χ1v) is 14.0. The van der Waals surface area contributed by atoms with Crippen LogP contribution < -0.4 is 0 Å². The molecule has 0 bridgehead atoms. The number of unbranched alkanes of at least 4 members (excludes halogenated alkanes) is 16. The van der Waals surface area contributed by atoms with Crippen molar-refractivity contribution in [1.29, 1.82) is 0 Å². The molecule has 0 N–H and O–H groups in total. The number of hydrogen-bond acceptors (Lipinski definition) is 0. The predicted octanol–water partition coefficient (Wildman–Crippen LogP) is 11.0. The average Bonchev–Trinajstić information content (AvgIpc) is 2.82. The summed E-state index contributed by atoms with van der Waals surface area (Å²) in [4.78, 5) is 0. The van der Waals surface area contributed by atoms with Crippen molar-refractivity contribution in [3.05, 3.63) is 60.2 Å². The first kappa shape index (κ1) is 26.7. The Bertz CT molecular complexity index is 711. The lowest BCUT2D eigenvalue weighted by molar-refractivity contribution is 0.568. The van der Waals surface area contributed by atoms with Gasteiger partial charge in [-0.05, 0) is 54.9 Å². The van der Waals surface area contributed by atoms with E-state index >= 15 is 0 Å². The molecule has 2 aromatic rings. The third kappa shape index (κ3) is 13.1. The molecular weight excluding hydrogens is 384 g/mol. The van der Waals surface area contributed by atoms with Crippen LogP contribution in [0.1, 0.15) is 128 Å². The Morgan fingerprint density at radius 2 is 1.00 bits per heavy atom. The van der Waals surface area contributed by atoms with E-state index in [1.54, 1.807) is 0 Å². The van der Waals surface area contributed by atoms with E-state index in [1.165, 1.54) is 138 Å². The summed E-state index contributed by atoms with van der Waals surface area (Å²) in [6.07, 6.45) is 31.3. The zero-order valence-electron chi connectivity index (χ0n) is 21.1. The predicted molar refractivity (Wildman–Crippen MR) is 146 cm³/mol. The highest BCUT2D eigenvalue weighted by Crippen LogP contribution is 2.18. The van der Waals surface area contributed by atoms with Crippen molar-refractivity contribution in [1.82, 2.24) is 0 Å². The number of hydrogen-bond donors (Lipinski definition) is 0. The van der Waals surface area contributed by atoms with Gasteiger partial charge in [-0.15, -0.1) is 0 Å². The van der Waals surface area contributed by atoms with Gasteiger partial charge in [-0.1, -0.05) is 145 Å². The van der Waals surface area contributed by atoms with Crippen LogP contribution in [0.15, 0.2) is 54.6 Å². The van der Waals surface area contributed by atoms with Crippen molar-refractivity contribution in [2.45, 2.75) is 129 Å². The molecule has 178 valence electrons. The van der Waals surface area contributed by atoms with Gasteiger partial charge in [0.15, 0.2) is 0 Å². The first-order valence-electron chi connectivity index (χ1n) is 14.0. The van der Waals surface area contributed by atoms with Crippen molar-refractivity contribution in [2.75, 3.05) is 0 Å². The van der Waals surface area contributed by atoms with Gasteiger partial charge >= 0.3 is 0 Å². The zero-order chi connectivity index (χ0) is 22.5. The third-order valence-corrected chi connectivity index (χ3v) is 6.79. The minimum absolute atomic E-state index is 1.23. The normalized spacial score (nSPS) is 11.7. The number of aryl methyl sites for hydroxylation is 1. The average molecular weight is 435 g/mol. The van der Waals surface area contributed by atoms with E-state index in [0.29, 0.717) is 0 Å². The van der Waals surface area contributed by atoms with Crippen LogP contribution in [0.4, 0.5) is 0 Å². The summed E-state index contributed by atoms with van der Waals surface area (Å²) in [5.41, 5.74) is 1.50. The summed E-state index contributed by atoms with van der Waals surface area (Å²) < 4.78 is 0. The molecule has 0 atom stereocenters. The van der Waals surface area contributed by atoms with Gasteiger partial charge in [0.25, 0.3) is 0 Å². The van der Waals surface area contributed by atoms with Crippen molar-refractivity contribution >= 4 is 10.8 Å².